The Morgan fingerprint density at radius 3 is 2.54 bits per heavy atom. The Morgan fingerprint density at radius 2 is 1.84 bits per heavy atom. The lowest BCUT2D eigenvalue weighted by Gasteiger charge is -2.13. The Morgan fingerprint density at radius 1 is 1.08 bits per heavy atom. The molecule has 0 aliphatic carbocycles. The molecule has 0 unspecified atom stereocenters. The van der Waals surface area contributed by atoms with Crippen LogP contribution in [0.2, 0.25) is 0 Å². The van der Waals surface area contributed by atoms with Crippen molar-refractivity contribution >= 4 is 39.7 Å². The van der Waals surface area contributed by atoms with E-state index >= 15 is 0 Å². The maximum Gasteiger partial charge on any atom is 0.187 e. The fraction of sp³-hybridized carbons (Fsp3) is 0.120. The maximum absolute atomic E-state index is 13.9. The van der Waals surface area contributed by atoms with E-state index in [0.29, 0.717) is 38.5 Å². The Kier molecular flexibility index (Phi) is 8.15. The molecule has 0 radical (unpaired) electrons. The minimum absolute atomic E-state index is 0.0122. The number of pyridine rings is 1. The van der Waals surface area contributed by atoms with Crippen molar-refractivity contribution in [1.29, 1.82) is 10.5 Å². The van der Waals surface area contributed by atoms with Crippen LogP contribution in [0.3, 0.4) is 0 Å². The molecule has 2 aromatic carbocycles. The van der Waals surface area contributed by atoms with Crippen molar-refractivity contribution in [2.75, 3.05) is 24.3 Å². The molecule has 12 heteroatoms. The van der Waals surface area contributed by atoms with Gasteiger partial charge in [0.1, 0.15) is 52.5 Å². The van der Waals surface area contributed by atoms with Crippen LogP contribution >= 0.6 is 23.1 Å². The predicted octanol–water partition coefficient (Wildman–Crippen LogP) is 5.22. The predicted molar refractivity (Wildman–Crippen MR) is 137 cm³/mol. The number of nitrogens with zero attached hydrogens (tertiary/aromatic N) is 4. The van der Waals surface area contributed by atoms with Gasteiger partial charge in [-0.05, 0) is 29.8 Å². The summed E-state index contributed by atoms with van der Waals surface area (Å²) in [5.74, 6) is -0.360. The summed E-state index contributed by atoms with van der Waals surface area (Å²) in [4.78, 5) is 8.67. The summed E-state index contributed by atoms with van der Waals surface area (Å²) in [5, 5.41) is 33.8. The van der Waals surface area contributed by atoms with Crippen LogP contribution in [0, 0.1) is 34.3 Å². The largest absolute Gasteiger partial charge is 0.491 e. The van der Waals surface area contributed by atoms with Crippen molar-refractivity contribution in [3.05, 3.63) is 76.3 Å². The van der Waals surface area contributed by atoms with Crippen LogP contribution in [0.1, 0.15) is 16.8 Å². The van der Waals surface area contributed by atoms with Gasteiger partial charge in [0.05, 0.1) is 23.6 Å². The van der Waals surface area contributed by atoms with E-state index in [2.05, 4.69) is 21.4 Å². The molecule has 0 aliphatic heterocycles. The number of hydrogen-bond acceptors (Lipinski definition) is 10. The molecule has 0 fully saturated rings. The number of aliphatic hydroxyl groups excluding tert-OH is 1. The molecule has 8 nitrogen and oxygen atoms in total. The zero-order chi connectivity index (χ0) is 26.4. The number of thioether (sulfide) groups is 1. The normalized spacial score (nSPS) is 10.5. The summed E-state index contributed by atoms with van der Waals surface area (Å²) in [7, 11) is 0. The zero-order valence-corrected chi connectivity index (χ0v) is 20.7. The van der Waals surface area contributed by atoms with Gasteiger partial charge in [-0.15, -0.1) is 11.3 Å². The van der Waals surface area contributed by atoms with Gasteiger partial charge in [0.15, 0.2) is 5.13 Å². The lowest BCUT2D eigenvalue weighted by Crippen LogP contribution is -2.04. The van der Waals surface area contributed by atoms with Gasteiger partial charge in [-0.2, -0.15) is 10.5 Å². The summed E-state index contributed by atoms with van der Waals surface area (Å²) >= 11 is 2.43. The molecule has 4 aromatic rings. The summed E-state index contributed by atoms with van der Waals surface area (Å²) in [6, 6.07) is 14.0. The summed E-state index contributed by atoms with van der Waals surface area (Å²) in [5.41, 5.74) is 7.88. The lowest BCUT2D eigenvalue weighted by atomic mass is 9.97. The smallest absolute Gasteiger partial charge is 0.187 e. The van der Waals surface area contributed by atoms with Crippen molar-refractivity contribution in [2.24, 2.45) is 0 Å². The molecule has 37 heavy (non-hydrogen) atoms. The SMILES string of the molecule is N#Cc1c(N)nc(SCc2csc(Nc3cc(F)ccc3F)n2)c(C#N)c1-c1ccc(OCCO)cc1. The standard InChI is InChI=1S/C25H18F2N6O2S2/c26-15-3-6-20(27)21(9-15)32-25-31-16(13-37-25)12-36-24-19(11-29)22(18(10-28)23(30)33-24)14-1-4-17(5-2-14)35-8-7-34/h1-6,9,13,34H,7-8,12H2,(H2,30,33)(H,31,32). The second kappa shape index (κ2) is 11.7. The number of ether oxygens (including phenoxy) is 1. The molecule has 186 valence electrons. The second-order valence-electron chi connectivity index (χ2n) is 7.43. The van der Waals surface area contributed by atoms with Crippen LogP contribution in [0.25, 0.3) is 11.1 Å². The number of nitrogens with one attached hydrogen (secondary N) is 1. The minimum Gasteiger partial charge on any atom is -0.491 e. The van der Waals surface area contributed by atoms with Crippen LogP contribution in [0.15, 0.2) is 52.9 Å². The Labute approximate surface area is 219 Å². The number of halogens is 2. The fourth-order valence-corrected chi connectivity index (χ4v) is 5.07. The van der Waals surface area contributed by atoms with E-state index in [1.54, 1.807) is 29.6 Å². The number of nitriles is 2. The topological polar surface area (TPSA) is 141 Å². The zero-order valence-electron chi connectivity index (χ0n) is 19.0. The van der Waals surface area contributed by atoms with Crippen LogP contribution in [-0.4, -0.2) is 28.3 Å². The van der Waals surface area contributed by atoms with Crippen molar-refractivity contribution in [1.82, 2.24) is 9.97 Å². The van der Waals surface area contributed by atoms with E-state index < -0.39 is 11.6 Å². The van der Waals surface area contributed by atoms with E-state index in [1.807, 2.05) is 6.07 Å². The molecule has 2 aromatic heterocycles. The molecule has 0 amide bonds. The third kappa shape index (κ3) is 5.95. The van der Waals surface area contributed by atoms with Crippen molar-refractivity contribution < 1.29 is 18.6 Å². The lowest BCUT2D eigenvalue weighted by molar-refractivity contribution is 0.201. The Hall–Kier alpha value is -4.23. The number of nitrogen functional groups attached to an aromatic ring is 1. The third-order valence-electron chi connectivity index (χ3n) is 5.00. The maximum atomic E-state index is 13.9. The number of anilines is 3. The van der Waals surface area contributed by atoms with Crippen LogP contribution in [0.4, 0.5) is 25.4 Å². The van der Waals surface area contributed by atoms with E-state index in [0.717, 1.165) is 18.2 Å². The molecule has 0 aliphatic rings. The van der Waals surface area contributed by atoms with Crippen molar-refractivity contribution in [3.63, 3.8) is 0 Å². The van der Waals surface area contributed by atoms with Crippen molar-refractivity contribution in [2.45, 2.75) is 10.8 Å². The highest BCUT2D eigenvalue weighted by Crippen LogP contribution is 2.37. The highest BCUT2D eigenvalue weighted by atomic mass is 32.2. The number of benzene rings is 2. The fourth-order valence-electron chi connectivity index (χ4n) is 3.35. The second-order valence-corrected chi connectivity index (χ2v) is 9.25. The highest BCUT2D eigenvalue weighted by Gasteiger charge is 2.21. The van der Waals surface area contributed by atoms with Gasteiger partial charge in [-0.3, -0.25) is 0 Å². The van der Waals surface area contributed by atoms with Gasteiger partial charge in [0.25, 0.3) is 0 Å². The number of hydrogen-bond donors (Lipinski definition) is 3. The molecule has 0 atom stereocenters. The number of nitrogens with two attached hydrogens (primary N) is 1. The number of aromatic nitrogens is 2. The Bertz CT molecular complexity index is 1510. The first-order chi connectivity index (χ1) is 17.9. The van der Waals surface area contributed by atoms with Gasteiger partial charge in [0, 0.05) is 22.8 Å². The first-order valence-corrected chi connectivity index (χ1v) is 12.6. The highest BCUT2D eigenvalue weighted by molar-refractivity contribution is 7.98. The minimum atomic E-state index is -0.607. The molecule has 0 spiro atoms. The van der Waals surface area contributed by atoms with E-state index in [4.69, 9.17) is 15.6 Å². The van der Waals surface area contributed by atoms with Crippen LogP contribution < -0.4 is 15.8 Å². The number of thiazole rings is 1. The quantitative estimate of drug-likeness (QED) is 0.246. The van der Waals surface area contributed by atoms with Gasteiger partial charge in [-0.25, -0.2) is 18.7 Å². The van der Waals surface area contributed by atoms with E-state index in [9.17, 15) is 19.3 Å². The first kappa shape index (κ1) is 25.9. The molecular weight excluding hydrogens is 518 g/mol. The molecule has 4 N–H and O–H groups in total. The number of aliphatic hydroxyl groups is 1. The van der Waals surface area contributed by atoms with E-state index in [1.165, 1.54) is 23.1 Å². The number of rotatable bonds is 9. The van der Waals surface area contributed by atoms with Gasteiger partial charge in [0.2, 0.25) is 0 Å². The summed E-state index contributed by atoms with van der Waals surface area (Å²) in [6.45, 7) is 0.0128. The molecule has 2 heterocycles. The summed E-state index contributed by atoms with van der Waals surface area (Å²) in [6.07, 6.45) is 0. The molecular formula is C25H18F2N6O2S2. The molecule has 0 saturated carbocycles. The van der Waals surface area contributed by atoms with Gasteiger partial charge in [-0.1, -0.05) is 23.9 Å². The summed E-state index contributed by atoms with van der Waals surface area (Å²) < 4.78 is 32.7. The van der Waals surface area contributed by atoms with Crippen molar-refractivity contribution in [3.8, 4) is 29.0 Å². The molecule has 4 rings (SSSR count). The average molecular weight is 537 g/mol. The first-order valence-electron chi connectivity index (χ1n) is 10.7. The molecule has 0 saturated heterocycles. The van der Waals surface area contributed by atoms with Crippen LogP contribution in [-0.2, 0) is 5.75 Å². The van der Waals surface area contributed by atoms with Gasteiger partial charge < -0.3 is 20.9 Å². The van der Waals surface area contributed by atoms with Crippen LogP contribution in [0.5, 0.6) is 5.75 Å². The third-order valence-corrected chi connectivity index (χ3v) is 6.81. The van der Waals surface area contributed by atoms with Gasteiger partial charge >= 0.3 is 0 Å². The average Bonchev–Trinajstić information content (AvgIpc) is 3.35. The Balaban J connectivity index is 1.58. The van der Waals surface area contributed by atoms with E-state index in [-0.39, 0.29) is 35.8 Å². The molecule has 0 bridgehead atoms. The monoisotopic (exact) mass is 536 g/mol.